The van der Waals surface area contributed by atoms with E-state index in [1.807, 2.05) is 31.2 Å². The molecule has 0 fully saturated rings. The molecule has 3 aromatic rings. The number of ether oxygens (including phenoxy) is 1. The molecule has 0 saturated carbocycles. The Morgan fingerprint density at radius 1 is 1.00 bits per heavy atom. The van der Waals surface area contributed by atoms with Gasteiger partial charge in [0.25, 0.3) is 0 Å². The molecule has 0 radical (unpaired) electrons. The second kappa shape index (κ2) is 5.39. The zero-order valence-electron chi connectivity index (χ0n) is 12.8. The zero-order valence-corrected chi connectivity index (χ0v) is 12.8. The van der Waals surface area contributed by atoms with E-state index in [9.17, 15) is 5.11 Å². The molecule has 0 saturated heterocycles. The summed E-state index contributed by atoms with van der Waals surface area (Å²) in [5.74, 6) is 0.888. The summed E-state index contributed by atoms with van der Waals surface area (Å²) in [5, 5.41) is 19.6. The van der Waals surface area contributed by atoms with Gasteiger partial charge in [-0.1, -0.05) is 24.3 Å². The van der Waals surface area contributed by atoms with Crippen molar-refractivity contribution in [3.63, 3.8) is 0 Å². The molecule has 1 aliphatic rings. The number of hydrogen-bond donors (Lipinski definition) is 3. The molecule has 3 N–H and O–H groups in total. The first-order valence-electron chi connectivity index (χ1n) is 7.77. The van der Waals surface area contributed by atoms with Gasteiger partial charge in [0.1, 0.15) is 17.7 Å². The molecule has 0 bridgehead atoms. The maximum Gasteiger partial charge on any atom is 0.127 e. The minimum atomic E-state index is -0.189. The third-order valence-corrected chi connectivity index (χ3v) is 4.13. The molecule has 4 nitrogen and oxygen atoms in total. The highest BCUT2D eigenvalue weighted by molar-refractivity contribution is 6.04. The number of anilines is 2. The van der Waals surface area contributed by atoms with Gasteiger partial charge in [0, 0.05) is 28.4 Å². The van der Waals surface area contributed by atoms with Gasteiger partial charge in [-0.3, -0.25) is 0 Å². The first kappa shape index (κ1) is 13.8. The van der Waals surface area contributed by atoms with Gasteiger partial charge in [0.15, 0.2) is 0 Å². The minimum absolute atomic E-state index is 0.189. The lowest BCUT2D eigenvalue weighted by molar-refractivity contribution is 0.337. The highest BCUT2D eigenvalue weighted by atomic mass is 16.5. The summed E-state index contributed by atoms with van der Waals surface area (Å²) in [6.07, 6.45) is -0.189. The standard InChI is InChI=1S/C19H18N2O2/c1-2-23-13-9-10-14(17(22)11-13)19-20-15-7-3-5-12-6-4-8-16(21-19)18(12)15/h3-11,19-22H,2H2,1H3. The largest absolute Gasteiger partial charge is 0.507 e. The van der Waals surface area contributed by atoms with E-state index in [0.29, 0.717) is 12.4 Å². The molecule has 1 heterocycles. The van der Waals surface area contributed by atoms with Gasteiger partial charge in [0.05, 0.1) is 6.61 Å². The van der Waals surface area contributed by atoms with Crippen LogP contribution in [0.5, 0.6) is 11.5 Å². The number of aromatic hydroxyl groups is 1. The number of phenols is 1. The van der Waals surface area contributed by atoms with Gasteiger partial charge in [-0.2, -0.15) is 0 Å². The van der Waals surface area contributed by atoms with Crippen LogP contribution in [-0.4, -0.2) is 11.7 Å². The topological polar surface area (TPSA) is 53.5 Å². The summed E-state index contributed by atoms with van der Waals surface area (Å²) in [7, 11) is 0. The van der Waals surface area contributed by atoms with Crippen LogP contribution in [0.4, 0.5) is 11.4 Å². The smallest absolute Gasteiger partial charge is 0.127 e. The first-order chi connectivity index (χ1) is 11.3. The summed E-state index contributed by atoms with van der Waals surface area (Å²) >= 11 is 0. The highest BCUT2D eigenvalue weighted by Gasteiger charge is 2.22. The quantitative estimate of drug-likeness (QED) is 0.668. The van der Waals surface area contributed by atoms with Crippen molar-refractivity contribution in [1.29, 1.82) is 0 Å². The monoisotopic (exact) mass is 306 g/mol. The summed E-state index contributed by atoms with van der Waals surface area (Å²) < 4.78 is 5.43. The molecule has 116 valence electrons. The summed E-state index contributed by atoms with van der Waals surface area (Å²) in [4.78, 5) is 0. The molecule has 3 aromatic carbocycles. The van der Waals surface area contributed by atoms with Gasteiger partial charge >= 0.3 is 0 Å². The Balaban J connectivity index is 1.73. The average molecular weight is 306 g/mol. The van der Waals surface area contributed by atoms with Crippen LogP contribution in [0, 0.1) is 0 Å². The maximum absolute atomic E-state index is 10.4. The van der Waals surface area contributed by atoms with E-state index in [1.165, 1.54) is 10.8 Å². The van der Waals surface area contributed by atoms with Crippen molar-refractivity contribution in [2.45, 2.75) is 13.1 Å². The zero-order chi connectivity index (χ0) is 15.8. The summed E-state index contributed by atoms with van der Waals surface area (Å²) in [6, 6.07) is 17.8. The molecule has 4 heteroatoms. The van der Waals surface area contributed by atoms with Crippen LogP contribution >= 0.6 is 0 Å². The first-order valence-corrected chi connectivity index (χ1v) is 7.77. The Labute approximate surface area is 134 Å². The van der Waals surface area contributed by atoms with Crippen LogP contribution in [-0.2, 0) is 0 Å². The molecule has 1 aliphatic heterocycles. The van der Waals surface area contributed by atoms with Crippen LogP contribution in [0.15, 0.2) is 54.6 Å². The van der Waals surface area contributed by atoms with E-state index in [4.69, 9.17) is 4.74 Å². The van der Waals surface area contributed by atoms with Crippen LogP contribution in [0.1, 0.15) is 18.7 Å². The van der Waals surface area contributed by atoms with E-state index in [0.717, 1.165) is 16.9 Å². The van der Waals surface area contributed by atoms with E-state index in [-0.39, 0.29) is 11.9 Å². The van der Waals surface area contributed by atoms with Gasteiger partial charge < -0.3 is 20.5 Å². The molecule has 4 rings (SSSR count). The number of benzene rings is 3. The van der Waals surface area contributed by atoms with Crippen LogP contribution in [0.2, 0.25) is 0 Å². The van der Waals surface area contributed by atoms with Gasteiger partial charge in [-0.25, -0.2) is 0 Å². The SMILES string of the molecule is CCOc1ccc(C2Nc3cccc4cccc(c34)N2)c(O)c1. The Morgan fingerprint density at radius 2 is 1.70 bits per heavy atom. The lowest BCUT2D eigenvalue weighted by Crippen LogP contribution is -2.23. The number of rotatable bonds is 3. The van der Waals surface area contributed by atoms with E-state index >= 15 is 0 Å². The maximum atomic E-state index is 10.4. The van der Waals surface area contributed by atoms with Gasteiger partial charge in [0.2, 0.25) is 0 Å². The van der Waals surface area contributed by atoms with Crippen molar-refractivity contribution in [1.82, 2.24) is 0 Å². The lowest BCUT2D eigenvalue weighted by atomic mass is 10.0. The Kier molecular flexibility index (Phi) is 3.23. The Morgan fingerprint density at radius 3 is 2.30 bits per heavy atom. The minimum Gasteiger partial charge on any atom is -0.507 e. The number of hydrogen-bond acceptors (Lipinski definition) is 4. The van der Waals surface area contributed by atoms with Gasteiger partial charge in [-0.15, -0.1) is 0 Å². The predicted molar refractivity (Wildman–Crippen MR) is 93.2 cm³/mol. The van der Waals surface area contributed by atoms with Crippen molar-refractivity contribution < 1.29 is 9.84 Å². The van der Waals surface area contributed by atoms with E-state index in [2.05, 4.69) is 34.9 Å². The van der Waals surface area contributed by atoms with Crippen molar-refractivity contribution in [2.24, 2.45) is 0 Å². The molecule has 0 unspecified atom stereocenters. The fourth-order valence-corrected chi connectivity index (χ4v) is 3.11. The van der Waals surface area contributed by atoms with Crippen LogP contribution in [0.25, 0.3) is 10.8 Å². The molecular formula is C19H18N2O2. The second-order valence-electron chi connectivity index (χ2n) is 5.58. The highest BCUT2D eigenvalue weighted by Crippen LogP contribution is 2.40. The fraction of sp³-hybridized carbons (Fsp3) is 0.158. The molecule has 0 aromatic heterocycles. The molecule has 0 aliphatic carbocycles. The Bertz CT molecular complexity index is 836. The normalized spacial score (nSPS) is 13.4. The summed E-state index contributed by atoms with van der Waals surface area (Å²) in [5.41, 5.74) is 2.92. The van der Waals surface area contributed by atoms with Crippen molar-refractivity contribution in [2.75, 3.05) is 17.2 Å². The Hall–Kier alpha value is -2.88. The molecule has 0 atom stereocenters. The van der Waals surface area contributed by atoms with E-state index < -0.39 is 0 Å². The van der Waals surface area contributed by atoms with E-state index in [1.54, 1.807) is 6.07 Å². The average Bonchev–Trinajstić information content (AvgIpc) is 2.56. The van der Waals surface area contributed by atoms with Crippen LogP contribution < -0.4 is 15.4 Å². The van der Waals surface area contributed by atoms with Gasteiger partial charge in [-0.05, 0) is 36.6 Å². The van der Waals surface area contributed by atoms with Crippen molar-refractivity contribution in [3.05, 3.63) is 60.2 Å². The third kappa shape index (κ3) is 2.32. The second-order valence-corrected chi connectivity index (χ2v) is 5.58. The predicted octanol–water partition coefficient (Wildman–Crippen LogP) is 4.48. The number of nitrogens with one attached hydrogen (secondary N) is 2. The molecule has 23 heavy (non-hydrogen) atoms. The van der Waals surface area contributed by atoms with Crippen molar-refractivity contribution >= 4 is 22.1 Å². The molecule has 0 spiro atoms. The number of phenolic OH excluding ortho intramolecular Hbond substituents is 1. The summed E-state index contributed by atoms with van der Waals surface area (Å²) in [6.45, 7) is 2.50. The fourth-order valence-electron chi connectivity index (χ4n) is 3.11. The molecular weight excluding hydrogens is 288 g/mol. The lowest BCUT2D eigenvalue weighted by Gasteiger charge is -2.30. The van der Waals surface area contributed by atoms with Crippen molar-refractivity contribution in [3.8, 4) is 11.5 Å². The third-order valence-electron chi connectivity index (χ3n) is 4.13. The van der Waals surface area contributed by atoms with Crippen LogP contribution in [0.3, 0.4) is 0 Å². The molecule has 0 amide bonds.